The first-order valence-corrected chi connectivity index (χ1v) is 6.56. The van der Waals surface area contributed by atoms with Crippen molar-refractivity contribution in [2.75, 3.05) is 5.32 Å². The van der Waals surface area contributed by atoms with E-state index < -0.39 is 0 Å². The molecule has 0 aliphatic heterocycles. The summed E-state index contributed by atoms with van der Waals surface area (Å²) in [6.07, 6.45) is 1.49. The summed E-state index contributed by atoms with van der Waals surface area (Å²) in [6, 6.07) is 17.2. The molecule has 0 aliphatic rings. The quantitative estimate of drug-likeness (QED) is 0.768. The van der Waals surface area contributed by atoms with Crippen LogP contribution in [0, 0.1) is 0 Å². The molecule has 3 aromatic rings. The fourth-order valence-electron chi connectivity index (χ4n) is 1.91. The molecular formula is C16H14N4O. The Kier molecular flexibility index (Phi) is 3.84. The first kappa shape index (κ1) is 13.2. The highest BCUT2D eigenvalue weighted by molar-refractivity contribution is 5.58. The number of anilines is 2. The Morgan fingerprint density at radius 3 is 2.38 bits per heavy atom. The fourth-order valence-corrected chi connectivity index (χ4v) is 1.91. The van der Waals surface area contributed by atoms with Crippen LogP contribution in [0.5, 0.6) is 0 Å². The maximum atomic E-state index is 9.03. The molecule has 0 unspecified atom stereocenters. The van der Waals surface area contributed by atoms with Crippen LogP contribution in [0.3, 0.4) is 0 Å². The first-order valence-electron chi connectivity index (χ1n) is 6.56. The number of rotatable bonds is 4. The average molecular weight is 278 g/mol. The number of aliphatic hydroxyl groups is 1. The van der Waals surface area contributed by atoms with Gasteiger partial charge in [0.2, 0.25) is 5.95 Å². The van der Waals surface area contributed by atoms with Gasteiger partial charge in [0, 0.05) is 11.3 Å². The molecule has 0 amide bonds. The molecule has 0 atom stereocenters. The number of aromatic nitrogens is 3. The van der Waals surface area contributed by atoms with E-state index in [1.165, 1.54) is 6.33 Å². The third-order valence-electron chi connectivity index (χ3n) is 3.00. The minimum absolute atomic E-state index is 0.0319. The van der Waals surface area contributed by atoms with Gasteiger partial charge >= 0.3 is 0 Å². The van der Waals surface area contributed by atoms with Crippen LogP contribution in [0.2, 0.25) is 0 Å². The number of nitrogens with one attached hydrogen (secondary N) is 1. The lowest BCUT2D eigenvalue weighted by molar-refractivity contribution is 0.282. The molecule has 0 spiro atoms. The van der Waals surface area contributed by atoms with E-state index in [-0.39, 0.29) is 6.61 Å². The molecule has 5 nitrogen and oxygen atoms in total. The summed E-state index contributed by atoms with van der Waals surface area (Å²) in [4.78, 5) is 12.7. The second-order valence-electron chi connectivity index (χ2n) is 4.48. The molecule has 104 valence electrons. The summed E-state index contributed by atoms with van der Waals surface area (Å²) in [5.74, 6) is 1.11. The van der Waals surface area contributed by atoms with Crippen LogP contribution in [-0.4, -0.2) is 20.1 Å². The minimum Gasteiger partial charge on any atom is -0.392 e. The van der Waals surface area contributed by atoms with Crippen molar-refractivity contribution < 1.29 is 5.11 Å². The molecule has 3 rings (SSSR count). The van der Waals surface area contributed by atoms with Gasteiger partial charge in [0.15, 0.2) is 5.82 Å². The molecule has 2 N–H and O–H groups in total. The molecule has 2 aromatic carbocycles. The van der Waals surface area contributed by atoms with Crippen molar-refractivity contribution in [1.82, 2.24) is 15.0 Å². The molecule has 0 saturated heterocycles. The van der Waals surface area contributed by atoms with Crippen molar-refractivity contribution in [3.63, 3.8) is 0 Å². The summed E-state index contributed by atoms with van der Waals surface area (Å²) in [6.45, 7) is 0.0319. The molecule has 21 heavy (non-hydrogen) atoms. The number of nitrogens with zero attached hydrogens (tertiary/aromatic N) is 3. The number of hydrogen-bond acceptors (Lipinski definition) is 5. The lowest BCUT2D eigenvalue weighted by atomic mass is 10.2. The van der Waals surface area contributed by atoms with E-state index in [2.05, 4.69) is 20.3 Å². The zero-order valence-corrected chi connectivity index (χ0v) is 11.3. The van der Waals surface area contributed by atoms with Gasteiger partial charge in [-0.3, -0.25) is 0 Å². The maximum Gasteiger partial charge on any atom is 0.230 e. The van der Waals surface area contributed by atoms with Crippen molar-refractivity contribution in [2.45, 2.75) is 6.61 Å². The van der Waals surface area contributed by atoms with E-state index in [1.807, 2.05) is 54.6 Å². The van der Waals surface area contributed by atoms with Crippen molar-refractivity contribution in [3.05, 3.63) is 66.5 Å². The smallest absolute Gasteiger partial charge is 0.230 e. The zero-order chi connectivity index (χ0) is 14.5. The Balaban J connectivity index is 1.83. The Hall–Kier alpha value is -2.79. The Morgan fingerprint density at radius 2 is 1.67 bits per heavy atom. The van der Waals surface area contributed by atoms with Crippen molar-refractivity contribution in [2.24, 2.45) is 0 Å². The van der Waals surface area contributed by atoms with Crippen molar-refractivity contribution >= 4 is 11.6 Å². The molecule has 1 heterocycles. The van der Waals surface area contributed by atoms with Crippen molar-refractivity contribution in [1.29, 1.82) is 0 Å². The first-order chi connectivity index (χ1) is 10.3. The summed E-state index contributed by atoms with van der Waals surface area (Å²) in [5.41, 5.74) is 2.66. The van der Waals surface area contributed by atoms with Crippen LogP contribution in [0.4, 0.5) is 11.6 Å². The molecule has 0 radical (unpaired) electrons. The molecule has 0 fully saturated rings. The standard InChI is InChI=1S/C16H14N4O/c21-10-12-6-8-14(9-7-12)19-16-18-11-17-15(20-16)13-4-2-1-3-5-13/h1-9,11,21H,10H2,(H,17,18,19,20). The zero-order valence-electron chi connectivity index (χ0n) is 11.3. The van der Waals surface area contributed by atoms with Crippen LogP contribution >= 0.6 is 0 Å². The Bertz CT molecular complexity index is 714. The number of benzene rings is 2. The van der Waals surface area contributed by atoms with Gasteiger partial charge in [0.25, 0.3) is 0 Å². The third kappa shape index (κ3) is 3.21. The number of aliphatic hydroxyl groups excluding tert-OH is 1. The van der Waals surface area contributed by atoms with Gasteiger partial charge in [0.1, 0.15) is 6.33 Å². The lowest BCUT2D eigenvalue weighted by Crippen LogP contribution is -2.00. The molecule has 0 saturated carbocycles. The predicted molar refractivity (Wildman–Crippen MR) is 80.9 cm³/mol. The van der Waals surface area contributed by atoms with Gasteiger partial charge < -0.3 is 10.4 Å². The average Bonchev–Trinajstić information content (AvgIpc) is 2.57. The summed E-state index contributed by atoms with van der Waals surface area (Å²) < 4.78 is 0. The fraction of sp³-hybridized carbons (Fsp3) is 0.0625. The minimum atomic E-state index is 0.0319. The van der Waals surface area contributed by atoms with E-state index >= 15 is 0 Å². The van der Waals surface area contributed by atoms with E-state index in [4.69, 9.17) is 5.11 Å². The highest BCUT2D eigenvalue weighted by atomic mass is 16.3. The summed E-state index contributed by atoms with van der Waals surface area (Å²) >= 11 is 0. The second kappa shape index (κ2) is 6.11. The van der Waals surface area contributed by atoms with Crippen LogP contribution in [0.25, 0.3) is 11.4 Å². The van der Waals surface area contributed by atoms with Gasteiger partial charge in [-0.2, -0.15) is 4.98 Å². The van der Waals surface area contributed by atoms with Crippen LogP contribution < -0.4 is 5.32 Å². The van der Waals surface area contributed by atoms with Gasteiger partial charge in [0.05, 0.1) is 6.61 Å². The maximum absolute atomic E-state index is 9.03. The van der Waals surface area contributed by atoms with E-state index in [9.17, 15) is 0 Å². The molecule has 5 heteroatoms. The largest absolute Gasteiger partial charge is 0.392 e. The van der Waals surface area contributed by atoms with Crippen LogP contribution in [0.1, 0.15) is 5.56 Å². The van der Waals surface area contributed by atoms with Gasteiger partial charge in [-0.25, -0.2) is 9.97 Å². The van der Waals surface area contributed by atoms with Crippen molar-refractivity contribution in [3.8, 4) is 11.4 Å². The van der Waals surface area contributed by atoms with Crippen LogP contribution in [-0.2, 0) is 6.61 Å². The summed E-state index contributed by atoms with van der Waals surface area (Å²) in [7, 11) is 0. The SMILES string of the molecule is OCc1ccc(Nc2ncnc(-c3ccccc3)n2)cc1. The van der Waals surface area contributed by atoms with E-state index in [0.29, 0.717) is 11.8 Å². The normalized spacial score (nSPS) is 10.3. The third-order valence-corrected chi connectivity index (χ3v) is 3.00. The monoisotopic (exact) mass is 278 g/mol. The van der Waals surface area contributed by atoms with Gasteiger partial charge in [-0.15, -0.1) is 0 Å². The number of hydrogen-bond donors (Lipinski definition) is 2. The molecule has 0 bridgehead atoms. The van der Waals surface area contributed by atoms with Gasteiger partial charge in [-0.1, -0.05) is 42.5 Å². The highest BCUT2D eigenvalue weighted by Gasteiger charge is 2.03. The predicted octanol–water partition coefficient (Wildman–Crippen LogP) is 2.77. The topological polar surface area (TPSA) is 70.9 Å². The Morgan fingerprint density at radius 1 is 0.905 bits per heavy atom. The Labute approximate surface area is 122 Å². The second-order valence-corrected chi connectivity index (χ2v) is 4.48. The highest BCUT2D eigenvalue weighted by Crippen LogP contribution is 2.17. The van der Waals surface area contributed by atoms with E-state index in [1.54, 1.807) is 0 Å². The van der Waals surface area contributed by atoms with E-state index in [0.717, 1.165) is 16.8 Å². The summed E-state index contributed by atoms with van der Waals surface area (Å²) in [5, 5.41) is 12.1. The molecular weight excluding hydrogens is 264 g/mol. The lowest BCUT2D eigenvalue weighted by Gasteiger charge is -2.06. The van der Waals surface area contributed by atoms with Crippen LogP contribution in [0.15, 0.2) is 60.9 Å². The van der Waals surface area contributed by atoms with Gasteiger partial charge in [-0.05, 0) is 17.7 Å². The molecule has 0 aliphatic carbocycles. The molecule has 1 aromatic heterocycles.